The fraction of sp³-hybridized carbons (Fsp3) is 0.409. The summed E-state index contributed by atoms with van der Waals surface area (Å²) in [6.07, 6.45) is 0.816. The van der Waals surface area contributed by atoms with Crippen molar-refractivity contribution in [1.29, 1.82) is 0 Å². The first-order valence-electron chi connectivity index (χ1n) is 10.3. The van der Waals surface area contributed by atoms with Crippen molar-refractivity contribution in [2.75, 3.05) is 45.3 Å². The molecule has 8 nitrogen and oxygen atoms in total. The van der Waals surface area contributed by atoms with Gasteiger partial charge in [-0.15, -0.1) is 24.0 Å². The minimum absolute atomic E-state index is 0. The summed E-state index contributed by atoms with van der Waals surface area (Å²) in [7, 11) is -1.88. The highest BCUT2D eigenvalue weighted by molar-refractivity contribution is 14.0. The predicted octanol–water partition coefficient (Wildman–Crippen LogP) is 3.38. The lowest BCUT2D eigenvalue weighted by atomic mass is 10.2. The molecule has 0 saturated heterocycles. The van der Waals surface area contributed by atoms with Gasteiger partial charge in [-0.1, -0.05) is 23.8 Å². The van der Waals surface area contributed by atoms with Crippen LogP contribution in [0.25, 0.3) is 0 Å². The monoisotopic (exact) mass is 576 g/mol. The van der Waals surface area contributed by atoms with Crippen LogP contribution < -0.4 is 20.1 Å². The zero-order valence-electron chi connectivity index (χ0n) is 18.8. The molecule has 0 aromatic heterocycles. The minimum atomic E-state index is -3.55. The summed E-state index contributed by atoms with van der Waals surface area (Å²) in [6.45, 7) is 6.26. The van der Waals surface area contributed by atoms with Gasteiger partial charge in [-0.05, 0) is 38.1 Å². The Labute approximate surface area is 208 Å². The first-order valence-corrected chi connectivity index (χ1v) is 11.8. The van der Waals surface area contributed by atoms with Gasteiger partial charge in [0, 0.05) is 45.0 Å². The predicted molar refractivity (Wildman–Crippen MR) is 140 cm³/mol. The van der Waals surface area contributed by atoms with Crippen LogP contribution in [0, 0.1) is 6.92 Å². The molecule has 0 aliphatic carbocycles. The van der Waals surface area contributed by atoms with Gasteiger partial charge < -0.3 is 20.1 Å². The molecule has 0 unspecified atom stereocenters. The number of methoxy groups -OCH3 is 1. The van der Waals surface area contributed by atoms with E-state index < -0.39 is 10.0 Å². The largest absolute Gasteiger partial charge is 0.493 e. The molecule has 178 valence electrons. The highest BCUT2D eigenvalue weighted by Gasteiger charge is 2.12. The number of halogens is 1. The maximum absolute atomic E-state index is 12.4. The number of rotatable bonds is 12. The number of benzene rings is 2. The fourth-order valence-corrected chi connectivity index (χ4v) is 3.67. The topological polar surface area (TPSA) is 101 Å². The lowest BCUT2D eigenvalue weighted by molar-refractivity contribution is 0.172. The number of aliphatic imine (C=N–C) groups is 1. The van der Waals surface area contributed by atoms with Gasteiger partial charge >= 0.3 is 0 Å². The summed E-state index contributed by atoms with van der Waals surface area (Å²) in [4.78, 5) is 4.69. The second-order valence-electron chi connectivity index (χ2n) is 6.82. The molecule has 0 spiro atoms. The second kappa shape index (κ2) is 15.0. The Bertz CT molecular complexity index is 937. The van der Waals surface area contributed by atoms with Crippen LogP contribution in [0.15, 0.2) is 58.4 Å². The fourth-order valence-electron chi connectivity index (χ4n) is 2.65. The molecule has 2 rings (SSSR count). The molecular formula is C22H33IN4O4S. The van der Waals surface area contributed by atoms with Crippen molar-refractivity contribution in [3.05, 3.63) is 54.1 Å². The number of aryl methyl sites for hydroxylation is 1. The zero-order chi connectivity index (χ0) is 22.5. The molecule has 0 fully saturated rings. The summed E-state index contributed by atoms with van der Waals surface area (Å²) in [5.74, 6) is 1.32. The quantitative estimate of drug-likeness (QED) is 0.155. The van der Waals surface area contributed by atoms with E-state index in [9.17, 15) is 8.42 Å². The maximum atomic E-state index is 12.4. The first-order chi connectivity index (χ1) is 14.9. The SMILES string of the molecule is CCNC(=NCCNS(=O)(=O)c1ccc(C)cc1)Nc1cccc(OCCCOC)c1.I. The number of guanidine groups is 1. The standard InChI is InChI=1S/C22H32N4O4S.HI/c1-4-23-22(26-19-7-5-8-20(17-19)30-16-6-15-29-3)24-13-14-25-31(27,28)21-11-9-18(2)10-12-21;/h5,7-12,17,25H,4,6,13-16H2,1-3H3,(H2,23,24,26);1H. The van der Waals surface area contributed by atoms with Gasteiger partial charge in [-0.3, -0.25) is 4.99 Å². The van der Waals surface area contributed by atoms with Crippen LogP contribution in [0.1, 0.15) is 18.9 Å². The van der Waals surface area contributed by atoms with Crippen LogP contribution >= 0.6 is 24.0 Å². The normalized spacial score (nSPS) is 11.5. The molecule has 0 aliphatic heterocycles. The smallest absolute Gasteiger partial charge is 0.240 e. The van der Waals surface area contributed by atoms with Crippen molar-refractivity contribution in [1.82, 2.24) is 10.0 Å². The number of hydrogen-bond acceptors (Lipinski definition) is 5. The summed E-state index contributed by atoms with van der Waals surface area (Å²) in [6, 6.07) is 14.3. The molecule has 10 heteroatoms. The molecule has 3 N–H and O–H groups in total. The van der Waals surface area contributed by atoms with E-state index in [2.05, 4.69) is 20.3 Å². The first kappa shape index (κ1) is 28.1. The van der Waals surface area contributed by atoms with Crippen LogP contribution in [0.3, 0.4) is 0 Å². The highest BCUT2D eigenvalue weighted by Crippen LogP contribution is 2.17. The van der Waals surface area contributed by atoms with Gasteiger partial charge in [-0.2, -0.15) is 0 Å². The third-order valence-corrected chi connectivity index (χ3v) is 5.68. The van der Waals surface area contributed by atoms with Crippen molar-refractivity contribution in [3.8, 4) is 5.75 Å². The number of ether oxygens (including phenoxy) is 2. The number of nitrogens with zero attached hydrogens (tertiary/aromatic N) is 1. The van der Waals surface area contributed by atoms with Gasteiger partial charge in [0.2, 0.25) is 10.0 Å². The third kappa shape index (κ3) is 10.2. The Morgan fingerprint density at radius 3 is 2.53 bits per heavy atom. The van der Waals surface area contributed by atoms with E-state index in [1.165, 1.54) is 0 Å². The van der Waals surface area contributed by atoms with E-state index in [1.807, 2.05) is 38.1 Å². The zero-order valence-corrected chi connectivity index (χ0v) is 21.9. The van der Waals surface area contributed by atoms with Gasteiger partial charge in [0.05, 0.1) is 18.0 Å². The molecule has 2 aromatic rings. The minimum Gasteiger partial charge on any atom is -0.493 e. The summed E-state index contributed by atoms with van der Waals surface area (Å²) < 4.78 is 38.0. The summed E-state index contributed by atoms with van der Waals surface area (Å²) in [5.41, 5.74) is 1.83. The van der Waals surface area contributed by atoms with Crippen molar-refractivity contribution in [2.45, 2.75) is 25.2 Å². The molecule has 0 amide bonds. The average molecular weight is 577 g/mol. The molecule has 0 atom stereocenters. The van der Waals surface area contributed by atoms with Gasteiger partial charge in [-0.25, -0.2) is 13.1 Å². The van der Waals surface area contributed by atoms with Crippen LogP contribution in [-0.2, 0) is 14.8 Å². The van der Waals surface area contributed by atoms with Crippen molar-refractivity contribution in [3.63, 3.8) is 0 Å². The number of nitrogens with one attached hydrogen (secondary N) is 3. The van der Waals surface area contributed by atoms with E-state index in [0.717, 1.165) is 23.4 Å². The van der Waals surface area contributed by atoms with Crippen LogP contribution in [0.2, 0.25) is 0 Å². The molecule has 0 heterocycles. The molecular weight excluding hydrogens is 543 g/mol. The molecule has 0 aliphatic rings. The Hall–Kier alpha value is -1.89. The lowest BCUT2D eigenvalue weighted by Gasteiger charge is -2.13. The summed E-state index contributed by atoms with van der Waals surface area (Å²) >= 11 is 0. The van der Waals surface area contributed by atoms with Crippen LogP contribution in [-0.4, -0.2) is 54.3 Å². The van der Waals surface area contributed by atoms with Crippen LogP contribution in [0.5, 0.6) is 5.75 Å². The van der Waals surface area contributed by atoms with Gasteiger partial charge in [0.15, 0.2) is 5.96 Å². The number of anilines is 1. The van der Waals surface area contributed by atoms with E-state index >= 15 is 0 Å². The summed E-state index contributed by atoms with van der Waals surface area (Å²) in [5, 5.41) is 6.36. The second-order valence-corrected chi connectivity index (χ2v) is 8.59. The molecule has 0 saturated carbocycles. The van der Waals surface area contributed by atoms with Crippen molar-refractivity contribution < 1.29 is 17.9 Å². The van der Waals surface area contributed by atoms with E-state index in [-0.39, 0.29) is 42.0 Å². The molecule has 0 radical (unpaired) electrons. The van der Waals surface area contributed by atoms with E-state index in [1.54, 1.807) is 31.4 Å². The van der Waals surface area contributed by atoms with E-state index in [0.29, 0.717) is 25.7 Å². The van der Waals surface area contributed by atoms with Gasteiger partial charge in [0.1, 0.15) is 5.75 Å². The van der Waals surface area contributed by atoms with Crippen molar-refractivity contribution in [2.24, 2.45) is 4.99 Å². The Kier molecular flexibility index (Phi) is 13.2. The molecule has 2 aromatic carbocycles. The Morgan fingerprint density at radius 2 is 1.84 bits per heavy atom. The van der Waals surface area contributed by atoms with E-state index in [4.69, 9.17) is 9.47 Å². The molecule has 0 bridgehead atoms. The Balaban J connectivity index is 0.00000512. The maximum Gasteiger partial charge on any atom is 0.240 e. The Morgan fingerprint density at radius 1 is 1.09 bits per heavy atom. The number of hydrogen-bond donors (Lipinski definition) is 3. The average Bonchev–Trinajstić information content (AvgIpc) is 2.75. The number of sulfonamides is 1. The lowest BCUT2D eigenvalue weighted by Crippen LogP contribution is -2.32. The highest BCUT2D eigenvalue weighted by atomic mass is 127. The van der Waals surface area contributed by atoms with Crippen molar-refractivity contribution >= 4 is 45.6 Å². The van der Waals surface area contributed by atoms with Crippen LogP contribution in [0.4, 0.5) is 5.69 Å². The molecule has 32 heavy (non-hydrogen) atoms. The third-order valence-electron chi connectivity index (χ3n) is 4.21. The van der Waals surface area contributed by atoms with Gasteiger partial charge in [0.25, 0.3) is 0 Å².